The molecule has 142 valence electrons. The average molecular weight is 389 g/mol. The lowest BCUT2D eigenvalue weighted by molar-refractivity contribution is -0.132. The zero-order valence-corrected chi connectivity index (χ0v) is 16.4. The Balaban J connectivity index is 2.26. The number of nitrogens with zero attached hydrogens (tertiary/aromatic N) is 2. The van der Waals surface area contributed by atoms with Gasteiger partial charge in [-0.05, 0) is 37.1 Å². The molecule has 0 heterocycles. The van der Waals surface area contributed by atoms with Gasteiger partial charge in [0.2, 0.25) is 0 Å². The van der Waals surface area contributed by atoms with Gasteiger partial charge in [0.15, 0.2) is 5.71 Å². The van der Waals surface area contributed by atoms with E-state index in [1.807, 2.05) is 38.1 Å². The van der Waals surface area contributed by atoms with Gasteiger partial charge in [-0.2, -0.15) is 0 Å². The van der Waals surface area contributed by atoms with Crippen molar-refractivity contribution in [1.29, 1.82) is 0 Å². The van der Waals surface area contributed by atoms with Crippen LogP contribution in [0.25, 0.3) is 0 Å². The number of carbonyl (C=O) groups excluding carboxylic acids is 1. The number of carbonyl (C=O) groups is 1. The van der Waals surface area contributed by atoms with Gasteiger partial charge in [-0.1, -0.05) is 52.2 Å². The molecular weight excluding hydrogens is 368 g/mol. The molecule has 0 atom stereocenters. The van der Waals surface area contributed by atoms with Crippen molar-refractivity contribution in [1.82, 2.24) is 0 Å². The summed E-state index contributed by atoms with van der Waals surface area (Å²) in [6.45, 7) is 3.92. The van der Waals surface area contributed by atoms with E-state index in [9.17, 15) is 4.79 Å². The Bertz CT molecular complexity index is 861. The van der Waals surface area contributed by atoms with Crippen molar-refractivity contribution in [2.45, 2.75) is 20.5 Å². The fraction of sp³-hybridized carbons (Fsp3) is 0.250. The highest BCUT2D eigenvalue weighted by Gasteiger charge is 2.20. The Kier molecular flexibility index (Phi) is 7.37. The highest BCUT2D eigenvalue weighted by atomic mass is 35.5. The lowest BCUT2D eigenvalue weighted by Crippen LogP contribution is -2.20. The Morgan fingerprint density at radius 3 is 2.41 bits per heavy atom. The maximum atomic E-state index is 12.0. The summed E-state index contributed by atoms with van der Waals surface area (Å²) in [5, 5.41) is 8.62. The van der Waals surface area contributed by atoms with Crippen LogP contribution < -0.4 is 0 Å². The van der Waals surface area contributed by atoms with Crippen molar-refractivity contribution in [2.24, 2.45) is 10.3 Å². The number of ether oxygens (including phenoxy) is 1. The first kappa shape index (κ1) is 20.5. The first-order chi connectivity index (χ1) is 13.0. The van der Waals surface area contributed by atoms with E-state index in [-0.39, 0.29) is 12.3 Å². The monoisotopic (exact) mass is 388 g/mol. The Labute approximate surface area is 163 Å². The minimum Gasteiger partial charge on any atom is -0.464 e. The molecule has 0 aromatic heterocycles. The second-order valence-corrected chi connectivity index (χ2v) is 6.11. The summed E-state index contributed by atoms with van der Waals surface area (Å²) in [4.78, 5) is 22.4. The quantitative estimate of drug-likeness (QED) is 0.406. The summed E-state index contributed by atoms with van der Waals surface area (Å²) in [6, 6.07) is 12.8. The molecule has 0 saturated heterocycles. The number of hydrogen-bond acceptors (Lipinski definition) is 6. The highest BCUT2D eigenvalue weighted by Crippen LogP contribution is 2.18. The van der Waals surface area contributed by atoms with Crippen molar-refractivity contribution in [3.8, 4) is 0 Å². The molecule has 2 aromatic carbocycles. The fourth-order valence-electron chi connectivity index (χ4n) is 2.44. The first-order valence-electron chi connectivity index (χ1n) is 8.18. The van der Waals surface area contributed by atoms with Gasteiger partial charge >= 0.3 is 5.97 Å². The zero-order valence-electron chi connectivity index (χ0n) is 15.7. The molecule has 0 radical (unpaired) electrons. The normalized spacial score (nSPS) is 11.9. The predicted molar refractivity (Wildman–Crippen MR) is 105 cm³/mol. The van der Waals surface area contributed by atoms with Gasteiger partial charge in [0, 0.05) is 16.1 Å². The van der Waals surface area contributed by atoms with Gasteiger partial charge in [-0.15, -0.1) is 0 Å². The standard InChI is InChI=1S/C20H21ClN2O4/c1-13-6-5-7-17(19(23-26-4)20(24)25-3)18(13)12-27-22-14(2)15-8-10-16(21)11-9-15/h5-11H,12H2,1-4H3/b22-14+,23-19+. The van der Waals surface area contributed by atoms with Gasteiger partial charge < -0.3 is 14.4 Å². The zero-order chi connectivity index (χ0) is 19.8. The second-order valence-electron chi connectivity index (χ2n) is 5.67. The number of rotatable bonds is 7. The van der Waals surface area contributed by atoms with E-state index >= 15 is 0 Å². The molecule has 27 heavy (non-hydrogen) atoms. The van der Waals surface area contributed by atoms with Crippen molar-refractivity contribution in [3.63, 3.8) is 0 Å². The van der Waals surface area contributed by atoms with Gasteiger partial charge in [0.05, 0.1) is 12.8 Å². The maximum absolute atomic E-state index is 12.0. The number of oxime groups is 2. The summed E-state index contributed by atoms with van der Waals surface area (Å²) >= 11 is 5.90. The molecule has 0 N–H and O–H groups in total. The smallest absolute Gasteiger partial charge is 0.360 e. The number of aryl methyl sites for hydroxylation is 1. The van der Waals surface area contributed by atoms with Crippen LogP contribution in [0.1, 0.15) is 29.2 Å². The van der Waals surface area contributed by atoms with E-state index in [0.29, 0.717) is 16.3 Å². The topological polar surface area (TPSA) is 69.5 Å². The SMILES string of the molecule is CO/N=C(/C(=O)OC)c1cccc(C)c1CO/N=C(\C)c1ccc(Cl)cc1. The van der Waals surface area contributed by atoms with Crippen LogP contribution in [-0.4, -0.2) is 31.6 Å². The van der Waals surface area contributed by atoms with Crippen LogP contribution >= 0.6 is 11.6 Å². The molecule has 2 aromatic rings. The summed E-state index contributed by atoms with van der Waals surface area (Å²) in [5.74, 6) is -0.593. The third-order valence-corrected chi connectivity index (χ3v) is 4.15. The number of hydrogen-bond donors (Lipinski definition) is 0. The Morgan fingerprint density at radius 1 is 1.07 bits per heavy atom. The molecule has 7 heteroatoms. The van der Waals surface area contributed by atoms with Gasteiger partial charge in [0.25, 0.3) is 0 Å². The molecular formula is C20H21ClN2O4. The molecule has 6 nitrogen and oxygen atoms in total. The lowest BCUT2D eigenvalue weighted by Gasteiger charge is -2.12. The van der Waals surface area contributed by atoms with E-state index < -0.39 is 5.97 Å². The van der Waals surface area contributed by atoms with E-state index in [1.165, 1.54) is 14.2 Å². The first-order valence-corrected chi connectivity index (χ1v) is 8.56. The Hall–Kier alpha value is -2.86. The Morgan fingerprint density at radius 2 is 1.78 bits per heavy atom. The lowest BCUT2D eigenvalue weighted by atomic mass is 9.99. The summed E-state index contributed by atoms with van der Waals surface area (Å²) < 4.78 is 4.80. The number of esters is 1. The van der Waals surface area contributed by atoms with Gasteiger partial charge in [-0.25, -0.2) is 4.79 Å². The van der Waals surface area contributed by atoms with Crippen LogP contribution in [0.4, 0.5) is 0 Å². The van der Waals surface area contributed by atoms with E-state index in [2.05, 4.69) is 10.3 Å². The summed E-state index contributed by atoms with van der Waals surface area (Å²) in [7, 11) is 2.66. The predicted octanol–water partition coefficient (Wildman–Crippen LogP) is 4.11. The van der Waals surface area contributed by atoms with Crippen LogP contribution in [-0.2, 0) is 25.8 Å². The molecule has 0 unspecified atom stereocenters. The molecule has 0 saturated carbocycles. The average Bonchev–Trinajstić information content (AvgIpc) is 2.67. The number of halogens is 1. The van der Waals surface area contributed by atoms with Crippen LogP contribution in [0.2, 0.25) is 5.02 Å². The molecule has 0 spiro atoms. The van der Waals surface area contributed by atoms with Gasteiger partial charge in [0.1, 0.15) is 13.7 Å². The summed E-state index contributed by atoms with van der Waals surface area (Å²) in [5.41, 5.74) is 3.95. The fourth-order valence-corrected chi connectivity index (χ4v) is 2.56. The van der Waals surface area contributed by atoms with Crippen LogP contribution in [0.3, 0.4) is 0 Å². The minimum atomic E-state index is -0.593. The third kappa shape index (κ3) is 5.31. The van der Waals surface area contributed by atoms with E-state index in [4.69, 9.17) is 26.0 Å². The molecule has 0 fully saturated rings. The van der Waals surface area contributed by atoms with Gasteiger partial charge in [-0.3, -0.25) is 0 Å². The number of benzene rings is 2. The maximum Gasteiger partial charge on any atom is 0.360 e. The molecule has 0 aliphatic heterocycles. The van der Waals surface area contributed by atoms with Crippen LogP contribution in [0, 0.1) is 6.92 Å². The van der Waals surface area contributed by atoms with Crippen molar-refractivity contribution >= 4 is 29.0 Å². The summed E-state index contributed by atoms with van der Waals surface area (Å²) in [6.07, 6.45) is 0. The molecule has 0 bridgehead atoms. The van der Waals surface area contributed by atoms with E-state index in [1.54, 1.807) is 18.2 Å². The molecule has 0 amide bonds. The molecule has 0 aliphatic carbocycles. The van der Waals surface area contributed by atoms with Crippen LogP contribution in [0.5, 0.6) is 0 Å². The molecule has 0 aliphatic rings. The molecule has 2 rings (SSSR count). The van der Waals surface area contributed by atoms with Crippen LogP contribution in [0.15, 0.2) is 52.8 Å². The largest absolute Gasteiger partial charge is 0.464 e. The minimum absolute atomic E-state index is 0.0701. The highest BCUT2D eigenvalue weighted by molar-refractivity contribution is 6.43. The second kappa shape index (κ2) is 9.73. The van der Waals surface area contributed by atoms with Crippen molar-refractivity contribution in [2.75, 3.05) is 14.2 Å². The number of methoxy groups -OCH3 is 1. The van der Waals surface area contributed by atoms with Crippen molar-refractivity contribution < 1.29 is 19.2 Å². The third-order valence-electron chi connectivity index (χ3n) is 3.90. The van der Waals surface area contributed by atoms with Crippen molar-refractivity contribution in [3.05, 3.63) is 69.7 Å². The van der Waals surface area contributed by atoms with E-state index in [0.717, 1.165) is 16.7 Å².